The standard InChI is InChI=1S/C14H16N6O/c1-14(2,15)11-9-19(18-17-11)8-10-7-13(21)20-6-4-3-5-12(20)16-10/h3-7,9H,8,15H2,1-2H3. The van der Waals surface area contributed by atoms with Crippen LogP contribution in [0, 0.1) is 0 Å². The molecule has 0 saturated carbocycles. The van der Waals surface area contributed by atoms with Gasteiger partial charge >= 0.3 is 0 Å². The second kappa shape index (κ2) is 4.78. The molecule has 0 aliphatic rings. The molecule has 0 aliphatic carbocycles. The van der Waals surface area contributed by atoms with Crippen LogP contribution >= 0.6 is 0 Å². The van der Waals surface area contributed by atoms with Crippen LogP contribution in [0.25, 0.3) is 5.65 Å². The smallest absolute Gasteiger partial charge is 0.258 e. The third-order valence-corrected chi connectivity index (χ3v) is 3.15. The minimum Gasteiger partial charge on any atom is -0.320 e. The molecule has 3 aromatic rings. The highest BCUT2D eigenvalue weighted by atomic mass is 16.1. The van der Waals surface area contributed by atoms with Crippen molar-refractivity contribution in [3.05, 3.63) is 58.4 Å². The van der Waals surface area contributed by atoms with Gasteiger partial charge in [0.1, 0.15) is 11.3 Å². The fraction of sp³-hybridized carbons (Fsp3) is 0.286. The Kier molecular flexibility index (Phi) is 3.06. The van der Waals surface area contributed by atoms with Gasteiger partial charge in [0.2, 0.25) is 0 Å². The largest absolute Gasteiger partial charge is 0.320 e. The number of hydrogen-bond acceptors (Lipinski definition) is 5. The predicted molar refractivity (Wildman–Crippen MR) is 77.8 cm³/mol. The summed E-state index contributed by atoms with van der Waals surface area (Å²) in [5, 5.41) is 8.07. The van der Waals surface area contributed by atoms with Crippen LogP contribution in [0.5, 0.6) is 0 Å². The van der Waals surface area contributed by atoms with Gasteiger partial charge in [-0.2, -0.15) is 0 Å². The molecule has 3 heterocycles. The lowest BCUT2D eigenvalue weighted by atomic mass is 10.0. The lowest BCUT2D eigenvalue weighted by molar-refractivity contribution is 0.533. The van der Waals surface area contributed by atoms with E-state index in [0.29, 0.717) is 23.6 Å². The van der Waals surface area contributed by atoms with Gasteiger partial charge in [-0.25, -0.2) is 9.67 Å². The molecule has 0 saturated heterocycles. The van der Waals surface area contributed by atoms with E-state index in [2.05, 4.69) is 15.3 Å². The van der Waals surface area contributed by atoms with E-state index >= 15 is 0 Å². The Labute approximate surface area is 121 Å². The van der Waals surface area contributed by atoms with Crippen molar-refractivity contribution in [1.29, 1.82) is 0 Å². The van der Waals surface area contributed by atoms with E-state index in [0.717, 1.165) is 0 Å². The molecule has 7 heteroatoms. The predicted octanol–water partition coefficient (Wildman–Crippen LogP) is 0.528. The molecule has 21 heavy (non-hydrogen) atoms. The molecule has 3 rings (SSSR count). The van der Waals surface area contributed by atoms with Crippen LogP contribution in [-0.2, 0) is 12.1 Å². The van der Waals surface area contributed by atoms with Crippen molar-refractivity contribution in [1.82, 2.24) is 24.4 Å². The lowest BCUT2D eigenvalue weighted by Crippen LogP contribution is -2.29. The van der Waals surface area contributed by atoms with E-state index in [9.17, 15) is 4.79 Å². The van der Waals surface area contributed by atoms with Crippen molar-refractivity contribution in [3.8, 4) is 0 Å². The summed E-state index contributed by atoms with van der Waals surface area (Å²) < 4.78 is 3.13. The number of nitrogens with two attached hydrogens (primary N) is 1. The van der Waals surface area contributed by atoms with Gasteiger partial charge < -0.3 is 5.73 Å². The average Bonchev–Trinajstić information content (AvgIpc) is 2.87. The van der Waals surface area contributed by atoms with E-state index in [1.54, 1.807) is 29.2 Å². The first-order valence-electron chi connectivity index (χ1n) is 6.60. The fourth-order valence-corrected chi connectivity index (χ4v) is 2.02. The average molecular weight is 284 g/mol. The second-order valence-electron chi connectivity index (χ2n) is 5.54. The molecule has 0 fully saturated rings. The molecule has 2 N–H and O–H groups in total. The van der Waals surface area contributed by atoms with Gasteiger partial charge in [0, 0.05) is 12.3 Å². The van der Waals surface area contributed by atoms with Crippen LogP contribution in [0.2, 0.25) is 0 Å². The number of rotatable bonds is 3. The molecule has 0 spiro atoms. The van der Waals surface area contributed by atoms with Crippen molar-refractivity contribution in [2.45, 2.75) is 25.9 Å². The highest BCUT2D eigenvalue weighted by Crippen LogP contribution is 2.12. The van der Waals surface area contributed by atoms with Crippen LogP contribution in [-0.4, -0.2) is 24.4 Å². The lowest BCUT2D eigenvalue weighted by Gasteiger charge is -2.13. The monoisotopic (exact) mass is 284 g/mol. The summed E-state index contributed by atoms with van der Waals surface area (Å²) in [6, 6.07) is 6.93. The summed E-state index contributed by atoms with van der Waals surface area (Å²) in [5.41, 5.74) is 7.26. The van der Waals surface area contributed by atoms with E-state index in [-0.39, 0.29) is 5.56 Å². The molecule has 0 unspecified atom stereocenters. The number of pyridine rings is 1. The zero-order chi connectivity index (χ0) is 15.0. The highest BCUT2D eigenvalue weighted by molar-refractivity contribution is 5.38. The number of fused-ring (bicyclic) bond motifs is 1. The molecular formula is C14H16N6O. The minimum absolute atomic E-state index is 0.116. The Morgan fingerprint density at radius 2 is 2.14 bits per heavy atom. The first-order chi connectivity index (χ1) is 9.93. The molecule has 0 aliphatic heterocycles. The Hall–Kier alpha value is -2.54. The van der Waals surface area contributed by atoms with Crippen molar-refractivity contribution >= 4 is 5.65 Å². The normalized spacial score (nSPS) is 12.0. The van der Waals surface area contributed by atoms with Gasteiger partial charge in [-0.05, 0) is 26.0 Å². The van der Waals surface area contributed by atoms with Gasteiger partial charge in [0.15, 0.2) is 0 Å². The minimum atomic E-state index is -0.547. The summed E-state index contributed by atoms with van der Waals surface area (Å²) in [6.07, 6.45) is 3.47. The summed E-state index contributed by atoms with van der Waals surface area (Å²) in [6.45, 7) is 4.10. The number of nitrogens with zero attached hydrogens (tertiary/aromatic N) is 5. The van der Waals surface area contributed by atoms with Crippen molar-refractivity contribution in [3.63, 3.8) is 0 Å². The third kappa shape index (κ3) is 2.68. The molecule has 0 amide bonds. The zero-order valence-electron chi connectivity index (χ0n) is 11.9. The second-order valence-corrected chi connectivity index (χ2v) is 5.54. The van der Waals surface area contributed by atoms with Gasteiger partial charge in [-0.15, -0.1) is 5.10 Å². The topological polar surface area (TPSA) is 91.1 Å². The maximum absolute atomic E-state index is 12.0. The first kappa shape index (κ1) is 13.4. The Balaban J connectivity index is 1.95. The maximum atomic E-state index is 12.0. The Morgan fingerprint density at radius 1 is 1.33 bits per heavy atom. The van der Waals surface area contributed by atoms with Crippen molar-refractivity contribution < 1.29 is 0 Å². The van der Waals surface area contributed by atoms with Crippen LogP contribution in [0.15, 0.2) is 41.5 Å². The van der Waals surface area contributed by atoms with Crippen LogP contribution in [0.4, 0.5) is 0 Å². The van der Waals surface area contributed by atoms with Gasteiger partial charge in [-0.1, -0.05) is 11.3 Å². The van der Waals surface area contributed by atoms with E-state index in [1.807, 2.05) is 19.9 Å². The maximum Gasteiger partial charge on any atom is 0.258 e. The zero-order valence-corrected chi connectivity index (χ0v) is 11.9. The Morgan fingerprint density at radius 3 is 2.86 bits per heavy atom. The van der Waals surface area contributed by atoms with Crippen LogP contribution < -0.4 is 11.3 Å². The number of aromatic nitrogens is 5. The molecule has 0 aromatic carbocycles. The van der Waals surface area contributed by atoms with E-state index < -0.39 is 5.54 Å². The number of hydrogen-bond donors (Lipinski definition) is 1. The molecule has 7 nitrogen and oxygen atoms in total. The quantitative estimate of drug-likeness (QED) is 0.757. The van der Waals surface area contributed by atoms with Crippen molar-refractivity contribution in [2.24, 2.45) is 5.73 Å². The van der Waals surface area contributed by atoms with E-state index in [1.165, 1.54) is 10.5 Å². The van der Waals surface area contributed by atoms with Crippen LogP contribution in [0.1, 0.15) is 25.2 Å². The first-order valence-corrected chi connectivity index (χ1v) is 6.60. The summed E-state index contributed by atoms with van der Waals surface area (Å²) in [5.74, 6) is 0. The molecular weight excluding hydrogens is 268 g/mol. The molecule has 108 valence electrons. The summed E-state index contributed by atoms with van der Waals surface area (Å²) in [4.78, 5) is 16.5. The van der Waals surface area contributed by atoms with E-state index in [4.69, 9.17) is 5.73 Å². The van der Waals surface area contributed by atoms with Gasteiger partial charge in [-0.3, -0.25) is 9.20 Å². The van der Waals surface area contributed by atoms with Gasteiger partial charge in [0.25, 0.3) is 5.56 Å². The fourth-order valence-electron chi connectivity index (χ4n) is 2.02. The van der Waals surface area contributed by atoms with Crippen LogP contribution in [0.3, 0.4) is 0 Å². The molecule has 0 atom stereocenters. The van der Waals surface area contributed by atoms with Gasteiger partial charge in [0.05, 0.1) is 24.0 Å². The highest BCUT2D eigenvalue weighted by Gasteiger charge is 2.18. The molecule has 0 radical (unpaired) electrons. The SMILES string of the molecule is CC(C)(N)c1cn(Cc2cc(=O)n3ccccc3n2)nn1. The third-order valence-electron chi connectivity index (χ3n) is 3.15. The molecule has 3 aromatic heterocycles. The summed E-state index contributed by atoms with van der Waals surface area (Å²) in [7, 11) is 0. The summed E-state index contributed by atoms with van der Waals surface area (Å²) >= 11 is 0. The van der Waals surface area contributed by atoms with Crippen molar-refractivity contribution in [2.75, 3.05) is 0 Å². The Bertz CT molecular complexity index is 842. The molecule has 0 bridgehead atoms.